The molecule has 150 valence electrons. The molecule has 0 radical (unpaired) electrons. The van der Waals surface area contributed by atoms with Crippen LogP contribution in [0.15, 0.2) is 24.3 Å². The maximum absolute atomic E-state index is 12.8. The largest absolute Gasteiger partial charge is 0.368 e. The van der Waals surface area contributed by atoms with Crippen LogP contribution in [0.2, 0.25) is 0 Å². The van der Waals surface area contributed by atoms with E-state index in [9.17, 15) is 9.59 Å². The molecule has 0 aromatic heterocycles. The normalized spacial score (nSPS) is 20.2. The topological polar surface area (TPSA) is 70.7 Å². The van der Waals surface area contributed by atoms with Crippen molar-refractivity contribution in [3.63, 3.8) is 0 Å². The van der Waals surface area contributed by atoms with Crippen molar-refractivity contribution in [1.82, 2.24) is 10.2 Å². The van der Waals surface area contributed by atoms with Gasteiger partial charge in [-0.15, -0.1) is 12.4 Å². The Labute approximate surface area is 167 Å². The Balaban J connectivity index is 0.00000261. The number of carbonyl (C=O) groups is 2. The summed E-state index contributed by atoms with van der Waals surface area (Å²) in [7, 11) is 1.98. The lowest BCUT2D eigenvalue weighted by atomic mass is 9.93. The number of hydrogen-bond donors (Lipinski definition) is 2. The summed E-state index contributed by atoms with van der Waals surface area (Å²) in [6, 6.07) is 7.21. The van der Waals surface area contributed by atoms with E-state index in [4.69, 9.17) is 4.74 Å². The molecule has 2 saturated heterocycles. The molecule has 27 heavy (non-hydrogen) atoms. The molecule has 1 aromatic rings. The summed E-state index contributed by atoms with van der Waals surface area (Å²) in [6.45, 7) is 3.28. The Morgan fingerprint density at radius 2 is 2.00 bits per heavy atom. The quantitative estimate of drug-likeness (QED) is 0.776. The standard InChI is InChI=1S/C20H29N3O3.ClH/c1-21-10-7-15-8-11-23(12-9-15)20(25)16-4-2-5-17(14-16)22-19(24)18-6-3-13-26-18;/h2,4-5,14-15,18,21H,3,6-13H2,1H3,(H,22,24);1H. The minimum Gasteiger partial charge on any atom is -0.368 e. The monoisotopic (exact) mass is 395 g/mol. The summed E-state index contributed by atoms with van der Waals surface area (Å²) >= 11 is 0. The Bertz CT molecular complexity index is 627. The van der Waals surface area contributed by atoms with Crippen molar-refractivity contribution in [2.75, 3.05) is 38.6 Å². The van der Waals surface area contributed by atoms with E-state index in [1.807, 2.05) is 30.1 Å². The molecule has 6 nitrogen and oxygen atoms in total. The molecule has 0 spiro atoms. The SMILES string of the molecule is CNCCC1CCN(C(=O)c2cccc(NC(=O)C3CCCO3)c2)CC1.Cl. The third kappa shape index (κ3) is 5.92. The lowest BCUT2D eigenvalue weighted by molar-refractivity contribution is -0.124. The number of likely N-dealkylation sites (tertiary alicyclic amines) is 1. The number of halogens is 1. The zero-order valence-corrected chi connectivity index (χ0v) is 16.7. The first-order chi connectivity index (χ1) is 12.7. The van der Waals surface area contributed by atoms with E-state index in [1.165, 1.54) is 6.42 Å². The zero-order chi connectivity index (χ0) is 18.4. The number of amides is 2. The second-order valence-corrected chi connectivity index (χ2v) is 7.20. The van der Waals surface area contributed by atoms with Crippen LogP contribution in [0.1, 0.15) is 42.5 Å². The van der Waals surface area contributed by atoms with Gasteiger partial charge in [0.25, 0.3) is 11.8 Å². The molecule has 2 N–H and O–H groups in total. The molecule has 0 saturated carbocycles. The molecule has 7 heteroatoms. The zero-order valence-electron chi connectivity index (χ0n) is 15.9. The van der Waals surface area contributed by atoms with Crippen molar-refractivity contribution < 1.29 is 14.3 Å². The van der Waals surface area contributed by atoms with E-state index in [2.05, 4.69) is 10.6 Å². The van der Waals surface area contributed by atoms with E-state index < -0.39 is 0 Å². The Morgan fingerprint density at radius 1 is 1.22 bits per heavy atom. The summed E-state index contributed by atoms with van der Waals surface area (Å²) in [4.78, 5) is 26.9. The van der Waals surface area contributed by atoms with Crippen LogP contribution in [0.4, 0.5) is 5.69 Å². The van der Waals surface area contributed by atoms with Crippen LogP contribution in [-0.4, -0.2) is 56.1 Å². The molecule has 2 fully saturated rings. The lowest BCUT2D eigenvalue weighted by Gasteiger charge is -2.32. The molecule has 3 rings (SSSR count). The first-order valence-corrected chi connectivity index (χ1v) is 9.64. The Hall–Kier alpha value is -1.63. The molecule has 1 aromatic carbocycles. The Kier molecular flexibility index (Phi) is 8.54. The number of carbonyl (C=O) groups excluding carboxylic acids is 2. The fraction of sp³-hybridized carbons (Fsp3) is 0.600. The van der Waals surface area contributed by atoms with E-state index in [0.29, 0.717) is 23.8 Å². The number of nitrogens with zero attached hydrogens (tertiary/aromatic N) is 1. The highest BCUT2D eigenvalue weighted by Gasteiger charge is 2.25. The van der Waals surface area contributed by atoms with Gasteiger partial charge in [-0.2, -0.15) is 0 Å². The minimum atomic E-state index is -0.369. The van der Waals surface area contributed by atoms with Crippen molar-refractivity contribution in [2.24, 2.45) is 5.92 Å². The van der Waals surface area contributed by atoms with Crippen molar-refractivity contribution in [1.29, 1.82) is 0 Å². The molecule has 1 atom stereocenters. The van der Waals surface area contributed by atoms with Crippen molar-refractivity contribution in [3.8, 4) is 0 Å². The molecule has 2 aliphatic heterocycles. The smallest absolute Gasteiger partial charge is 0.253 e. The summed E-state index contributed by atoms with van der Waals surface area (Å²) in [5, 5.41) is 6.06. The van der Waals surface area contributed by atoms with Gasteiger partial charge in [-0.05, 0) is 69.8 Å². The number of hydrogen-bond acceptors (Lipinski definition) is 4. The van der Waals surface area contributed by atoms with Crippen LogP contribution in [0.5, 0.6) is 0 Å². The van der Waals surface area contributed by atoms with E-state index in [1.54, 1.807) is 6.07 Å². The van der Waals surface area contributed by atoms with Gasteiger partial charge in [-0.3, -0.25) is 9.59 Å². The van der Waals surface area contributed by atoms with Gasteiger partial charge < -0.3 is 20.3 Å². The minimum absolute atomic E-state index is 0. The lowest BCUT2D eigenvalue weighted by Crippen LogP contribution is -2.39. The number of benzene rings is 1. The van der Waals surface area contributed by atoms with E-state index >= 15 is 0 Å². The van der Waals surface area contributed by atoms with Crippen LogP contribution < -0.4 is 10.6 Å². The molecule has 0 aliphatic carbocycles. The molecule has 2 heterocycles. The maximum atomic E-state index is 12.8. The summed E-state index contributed by atoms with van der Waals surface area (Å²) in [5.41, 5.74) is 1.28. The van der Waals surface area contributed by atoms with Crippen LogP contribution in [0.3, 0.4) is 0 Å². The van der Waals surface area contributed by atoms with Gasteiger partial charge >= 0.3 is 0 Å². The fourth-order valence-electron chi connectivity index (χ4n) is 3.69. The maximum Gasteiger partial charge on any atom is 0.253 e. The first-order valence-electron chi connectivity index (χ1n) is 9.64. The third-order valence-corrected chi connectivity index (χ3v) is 5.30. The second-order valence-electron chi connectivity index (χ2n) is 7.20. The van der Waals surface area contributed by atoms with Gasteiger partial charge in [0.15, 0.2) is 0 Å². The Morgan fingerprint density at radius 3 is 2.67 bits per heavy atom. The van der Waals surface area contributed by atoms with Crippen molar-refractivity contribution in [2.45, 2.75) is 38.2 Å². The summed E-state index contributed by atoms with van der Waals surface area (Å²) in [6.07, 6.45) is 4.59. The van der Waals surface area contributed by atoms with Crippen molar-refractivity contribution in [3.05, 3.63) is 29.8 Å². The number of nitrogens with one attached hydrogen (secondary N) is 2. The third-order valence-electron chi connectivity index (χ3n) is 5.30. The van der Waals surface area contributed by atoms with Gasteiger partial charge in [-0.1, -0.05) is 6.07 Å². The molecule has 1 unspecified atom stereocenters. The van der Waals surface area contributed by atoms with Crippen LogP contribution in [0, 0.1) is 5.92 Å². The van der Waals surface area contributed by atoms with E-state index in [0.717, 1.165) is 45.3 Å². The highest BCUT2D eigenvalue weighted by Crippen LogP contribution is 2.22. The molecule has 2 aliphatic rings. The number of rotatable bonds is 6. The van der Waals surface area contributed by atoms with E-state index in [-0.39, 0.29) is 30.3 Å². The summed E-state index contributed by atoms with van der Waals surface area (Å²) in [5.74, 6) is 0.617. The molecule has 2 amide bonds. The fourth-order valence-corrected chi connectivity index (χ4v) is 3.69. The van der Waals surface area contributed by atoms with Crippen molar-refractivity contribution >= 4 is 29.9 Å². The van der Waals surface area contributed by atoms with Crippen LogP contribution >= 0.6 is 12.4 Å². The predicted molar refractivity (Wildman–Crippen MR) is 108 cm³/mol. The summed E-state index contributed by atoms with van der Waals surface area (Å²) < 4.78 is 5.41. The molecular weight excluding hydrogens is 366 g/mol. The first kappa shape index (κ1) is 21.7. The average molecular weight is 396 g/mol. The highest BCUT2D eigenvalue weighted by molar-refractivity contribution is 5.98. The average Bonchev–Trinajstić information content (AvgIpc) is 3.21. The predicted octanol–water partition coefficient (Wildman–Crippen LogP) is 2.69. The van der Waals surface area contributed by atoms with Crippen LogP contribution in [-0.2, 0) is 9.53 Å². The van der Waals surface area contributed by atoms with Gasteiger partial charge in [-0.25, -0.2) is 0 Å². The highest BCUT2D eigenvalue weighted by atomic mass is 35.5. The number of ether oxygens (including phenoxy) is 1. The number of anilines is 1. The van der Waals surface area contributed by atoms with Gasteiger partial charge in [0.2, 0.25) is 0 Å². The van der Waals surface area contributed by atoms with Crippen LogP contribution in [0.25, 0.3) is 0 Å². The van der Waals surface area contributed by atoms with Gasteiger partial charge in [0.05, 0.1) is 0 Å². The second kappa shape index (κ2) is 10.6. The van der Waals surface area contributed by atoms with Gasteiger partial charge in [0.1, 0.15) is 6.10 Å². The molecular formula is C20H30ClN3O3. The molecule has 0 bridgehead atoms. The number of piperidine rings is 1. The van der Waals surface area contributed by atoms with Gasteiger partial charge in [0, 0.05) is 30.9 Å².